The molecule has 0 fully saturated rings. The second-order valence-corrected chi connectivity index (χ2v) is 5.35. The van der Waals surface area contributed by atoms with E-state index in [1.165, 1.54) is 6.07 Å². The predicted molar refractivity (Wildman–Crippen MR) is 76.4 cm³/mol. The van der Waals surface area contributed by atoms with E-state index in [2.05, 4.69) is 15.9 Å². The molecule has 1 atom stereocenters. The molecule has 4 N–H and O–H groups in total. The Morgan fingerprint density at radius 2 is 2.00 bits per heavy atom. The lowest BCUT2D eigenvalue weighted by atomic mass is 9.95. The van der Waals surface area contributed by atoms with Gasteiger partial charge in [0, 0.05) is 16.1 Å². The maximum absolute atomic E-state index is 10.9. The molecule has 0 bridgehead atoms. The quantitative estimate of drug-likeness (QED) is 0.786. The smallest absolute Gasteiger partial charge is 0.339 e. The van der Waals surface area contributed by atoms with Gasteiger partial charge in [0.1, 0.15) is 11.3 Å². The monoisotopic (exact) mass is 337 g/mol. The highest BCUT2D eigenvalue weighted by molar-refractivity contribution is 9.10. The van der Waals surface area contributed by atoms with Crippen molar-refractivity contribution in [3.8, 4) is 5.75 Å². The fraction of sp³-hybridized carbons (Fsp3) is 0.417. The molecule has 1 aromatic rings. The van der Waals surface area contributed by atoms with Crippen LogP contribution >= 0.6 is 28.3 Å². The average Bonchev–Trinajstić information content (AvgIpc) is 2.19. The third kappa shape index (κ3) is 4.15. The van der Waals surface area contributed by atoms with Crippen LogP contribution in [0.3, 0.4) is 0 Å². The summed E-state index contributed by atoms with van der Waals surface area (Å²) in [5.74, 6) is -1.03. The zero-order valence-electron chi connectivity index (χ0n) is 10.2. The average molecular weight is 339 g/mol. The van der Waals surface area contributed by atoms with E-state index in [9.17, 15) is 9.90 Å². The van der Waals surface area contributed by atoms with E-state index in [1.807, 2.05) is 13.8 Å². The summed E-state index contributed by atoms with van der Waals surface area (Å²) in [6.07, 6.45) is 0.684. The molecule has 18 heavy (non-hydrogen) atoms. The van der Waals surface area contributed by atoms with E-state index in [-0.39, 0.29) is 29.8 Å². The van der Waals surface area contributed by atoms with E-state index < -0.39 is 5.97 Å². The molecule has 0 aliphatic rings. The molecule has 0 aliphatic carbocycles. The van der Waals surface area contributed by atoms with Crippen molar-refractivity contribution >= 4 is 34.3 Å². The van der Waals surface area contributed by atoms with Gasteiger partial charge in [0.15, 0.2) is 0 Å². The first-order valence-electron chi connectivity index (χ1n) is 5.34. The van der Waals surface area contributed by atoms with Gasteiger partial charge in [0.25, 0.3) is 0 Å². The van der Waals surface area contributed by atoms with Crippen LogP contribution in [0.25, 0.3) is 0 Å². The maximum Gasteiger partial charge on any atom is 0.339 e. The Bertz CT molecular complexity index is 438. The number of hydrogen-bond acceptors (Lipinski definition) is 3. The summed E-state index contributed by atoms with van der Waals surface area (Å²) < 4.78 is 0.599. The van der Waals surface area contributed by atoms with Crippen LogP contribution in [0.4, 0.5) is 0 Å². The zero-order chi connectivity index (χ0) is 13.2. The Kier molecular flexibility index (Phi) is 6.67. The number of hydrogen-bond donors (Lipinski definition) is 3. The first kappa shape index (κ1) is 17.2. The molecule has 0 aliphatic heterocycles. The summed E-state index contributed by atoms with van der Waals surface area (Å²) in [6.45, 7) is 4.04. The van der Waals surface area contributed by atoms with Crippen molar-refractivity contribution in [2.45, 2.75) is 26.3 Å². The van der Waals surface area contributed by atoms with E-state index in [0.29, 0.717) is 22.4 Å². The third-order valence-corrected chi connectivity index (χ3v) is 2.92. The molecule has 1 aromatic carbocycles. The fourth-order valence-corrected chi connectivity index (χ4v) is 2.18. The van der Waals surface area contributed by atoms with Gasteiger partial charge in [-0.05, 0) is 24.5 Å². The zero-order valence-corrected chi connectivity index (χ0v) is 12.6. The van der Waals surface area contributed by atoms with Gasteiger partial charge in [0.2, 0.25) is 0 Å². The molecule has 0 spiro atoms. The van der Waals surface area contributed by atoms with Crippen LogP contribution in [-0.2, 0) is 0 Å². The Morgan fingerprint density at radius 3 is 2.44 bits per heavy atom. The normalized spacial score (nSPS) is 12.1. The summed E-state index contributed by atoms with van der Waals surface area (Å²) in [7, 11) is 0. The van der Waals surface area contributed by atoms with Crippen LogP contribution in [0, 0.1) is 5.92 Å². The van der Waals surface area contributed by atoms with Crippen LogP contribution in [0.15, 0.2) is 16.6 Å². The molecule has 4 nitrogen and oxygen atoms in total. The van der Waals surface area contributed by atoms with Crippen molar-refractivity contribution in [3.05, 3.63) is 27.7 Å². The van der Waals surface area contributed by atoms with Gasteiger partial charge < -0.3 is 15.9 Å². The van der Waals surface area contributed by atoms with Gasteiger partial charge >= 0.3 is 5.97 Å². The van der Waals surface area contributed by atoms with Crippen molar-refractivity contribution in [2.75, 3.05) is 0 Å². The number of aromatic hydroxyl groups is 1. The maximum atomic E-state index is 10.9. The third-order valence-electron chi connectivity index (χ3n) is 2.46. The summed E-state index contributed by atoms with van der Waals surface area (Å²) >= 11 is 3.22. The predicted octanol–water partition coefficient (Wildman–Crippen LogP) is 3.32. The van der Waals surface area contributed by atoms with Crippen LogP contribution in [0.1, 0.15) is 42.2 Å². The highest BCUT2D eigenvalue weighted by Gasteiger charge is 2.19. The number of benzene rings is 1. The molecule has 102 valence electrons. The fourth-order valence-electron chi connectivity index (χ4n) is 1.70. The highest BCUT2D eigenvalue weighted by atomic mass is 79.9. The van der Waals surface area contributed by atoms with Crippen molar-refractivity contribution in [2.24, 2.45) is 11.7 Å². The number of carboxylic acid groups (broad SMARTS) is 1. The Labute approximate surface area is 121 Å². The molecule has 0 radical (unpaired) electrons. The van der Waals surface area contributed by atoms with E-state index >= 15 is 0 Å². The molecule has 0 saturated heterocycles. The summed E-state index contributed by atoms with van der Waals surface area (Å²) in [6, 6.07) is 2.66. The van der Waals surface area contributed by atoms with E-state index in [1.54, 1.807) is 6.07 Å². The SMILES string of the molecule is CC(C)C[C@@H](N)c1cc(Br)cc(C(=O)O)c1O.Cl. The van der Waals surface area contributed by atoms with Gasteiger partial charge in [-0.1, -0.05) is 29.8 Å². The number of rotatable bonds is 4. The minimum Gasteiger partial charge on any atom is -0.507 e. The first-order chi connectivity index (χ1) is 7.82. The van der Waals surface area contributed by atoms with E-state index in [4.69, 9.17) is 10.8 Å². The number of nitrogens with two attached hydrogens (primary N) is 1. The van der Waals surface area contributed by atoms with Crippen molar-refractivity contribution < 1.29 is 15.0 Å². The van der Waals surface area contributed by atoms with Gasteiger partial charge in [-0.15, -0.1) is 12.4 Å². The van der Waals surface area contributed by atoms with Gasteiger partial charge in [-0.2, -0.15) is 0 Å². The minimum atomic E-state index is -1.17. The van der Waals surface area contributed by atoms with Gasteiger partial charge in [0.05, 0.1) is 0 Å². The highest BCUT2D eigenvalue weighted by Crippen LogP contribution is 2.33. The summed E-state index contributed by atoms with van der Waals surface area (Å²) in [5.41, 5.74) is 6.29. The topological polar surface area (TPSA) is 83.6 Å². The standard InChI is InChI=1S/C12H16BrNO3.ClH/c1-6(2)3-10(14)8-4-7(13)5-9(11(8)15)12(16)17;/h4-6,10,15H,3,14H2,1-2H3,(H,16,17);1H/t10-;/m1./s1. The number of aromatic carboxylic acids is 1. The van der Waals surface area contributed by atoms with Crippen molar-refractivity contribution in [1.82, 2.24) is 0 Å². The number of halogens is 2. The number of carbonyl (C=O) groups is 1. The summed E-state index contributed by atoms with van der Waals surface area (Å²) in [5, 5.41) is 18.8. The Hall–Kier alpha value is -0.780. The first-order valence-corrected chi connectivity index (χ1v) is 6.13. The van der Waals surface area contributed by atoms with Gasteiger partial charge in [-0.3, -0.25) is 0 Å². The molecule has 6 heteroatoms. The van der Waals surface area contributed by atoms with Crippen molar-refractivity contribution in [3.63, 3.8) is 0 Å². The van der Waals surface area contributed by atoms with Gasteiger partial charge in [-0.25, -0.2) is 4.79 Å². The lowest BCUT2D eigenvalue weighted by Crippen LogP contribution is -2.14. The number of carboxylic acids is 1. The second kappa shape index (κ2) is 6.97. The number of phenols is 1. The van der Waals surface area contributed by atoms with Crippen LogP contribution in [0.5, 0.6) is 5.75 Å². The minimum absolute atomic E-state index is 0. The largest absolute Gasteiger partial charge is 0.507 e. The molecular formula is C12H17BrClNO3. The van der Waals surface area contributed by atoms with Crippen LogP contribution < -0.4 is 5.73 Å². The van der Waals surface area contributed by atoms with Crippen molar-refractivity contribution in [1.29, 1.82) is 0 Å². The Morgan fingerprint density at radius 1 is 1.44 bits per heavy atom. The summed E-state index contributed by atoms with van der Waals surface area (Å²) in [4.78, 5) is 10.9. The molecule has 0 heterocycles. The molecule has 1 rings (SSSR count). The molecule has 0 amide bonds. The van der Waals surface area contributed by atoms with E-state index in [0.717, 1.165) is 0 Å². The lowest BCUT2D eigenvalue weighted by molar-refractivity contribution is 0.0693. The van der Waals surface area contributed by atoms with Crippen LogP contribution in [-0.4, -0.2) is 16.2 Å². The second-order valence-electron chi connectivity index (χ2n) is 4.43. The molecule has 0 saturated carbocycles. The molecular weight excluding hydrogens is 321 g/mol. The Balaban J connectivity index is 0.00000289. The van der Waals surface area contributed by atoms with Crippen LogP contribution in [0.2, 0.25) is 0 Å². The lowest BCUT2D eigenvalue weighted by Gasteiger charge is -2.17. The molecule has 0 aromatic heterocycles. The molecule has 0 unspecified atom stereocenters.